The summed E-state index contributed by atoms with van der Waals surface area (Å²) in [6.45, 7) is 7.83. The summed E-state index contributed by atoms with van der Waals surface area (Å²) < 4.78 is 0. The maximum Gasteiger partial charge on any atom is 0.261 e. The van der Waals surface area contributed by atoms with Crippen molar-refractivity contribution in [1.29, 1.82) is 0 Å². The highest BCUT2D eigenvalue weighted by molar-refractivity contribution is 7.12. The lowest BCUT2D eigenvalue weighted by Gasteiger charge is -2.15. The molecule has 0 aromatic carbocycles. The van der Waals surface area contributed by atoms with Crippen molar-refractivity contribution < 1.29 is 4.79 Å². The number of guanidine groups is 1. The summed E-state index contributed by atoms with van der Waals surface area (Å²) in [5, 5.41) is 7.99. The fraction of sp³-hybridized carbons (Fsp3) is 0.647. The van der Waals surface area contributed by atoms with Crippen LogP contribution in [0.25, 0.3) is 0 Å². The normalized spacial score (nSPS) is 13.1. The average Bonchev–Trinajstić information content (AvgIpc) is 3.00. The van der Waals surface area contributed by atoms with Crippen molar-refractivity contribution in [3.05, 3.63) is 22.4 Å². The van der Waals surface area contributed by atoms with Gasteiger partial charge >= 0.3 is 0 Å². The molecule has 130 valence electrons. The van der Waals surface area contributed by atoms with Gasteiger partial charge in [-0.05, 0) is 37.1 Å². The first-order chi connectivity index (χ1) is 11.0. The van der Waals surface area contributed by atoms with E-state index in [-0.39, 0.29) is 5.91 Å². The number of carbonyl (C=O) groups excluding carboxylic acids is 1. The van der Waals surface area contributed by atoms with Gasteiger partial charge in [-0.3, -0.25) is 9.79 Å². The molecular weight excluding hydrogens is 308 g/mol. The monoisotopic (exact) mass is 338 g/mol. The molecule has 1 aromatic rings. The summed E-state index contributed by atoms with van der Waals surface area (Å²) >= 11 is 1.45. The first kappa shape index (κ1) is 19.5. The molecule has 4 N–H and O–H groups in total. The van der Waals surface area contributed by atoms with Crippen LogP contribution in [0.5, 0.6) is 0 Å². The Morgan fingerprint density at radius 3 is 2.74 bits per heavy atom. The minimum absolute atomic E-state index is 0.0196. The molecular formula is C17H30N4OS. The molecule has 0 bridgehead atoms. The van der Waals surface area contributed by atoms with Gasteiger partial charge in [0.1, 0.15) is 0 Å². The Bertz CT molecular complexity index is 471. The Labute approximate surface area is 143 Å². The van der Waals surface area contributed by atoms with E-state index < -0.39 is 0 Å². The van der Waals surface area contributed by atoms with Gasteiger partial charge in [-0.15, -0.1) is 11.3 Å². The molecule has 1 amide bonds. The van der Waals surface area contributed by atoms with E-state index in [0.717, 1.165) is 23.6 Å². The van der Waals surface area contributed by atoms with Crippen LogP contribution in [0, 0.1) is 5.92 Å². The van der Waals surface area contributed by atoms with Crippen LogP contribution in [-0.2, 0) is 0 Å². The van der Waals surface area contributed by atoms with Crippen LogP contribution in [0.4, 0.5) is 0 Å². The van der Waals surface area contributed by atoms with Gasteiger partial charge in [0.05, 0.1) is 4.88 Å². The van der Waals surface area contributed by atoms with Crippen molar-refractivity contribution in [2.24, 2.45) is 16.6 Å². The molecule has 0 radical (unpaired) electrons. The van der Waals surface area contributed by atoms with Crippen LogP contribution < -0.4 is 16.4 Å². The van der Waals surface area contributed by atoms with E-state index in [1.54, 1.807) is 0 Å². The van der Waals surface area contributed by atoms with Crippen molar-refractivity contribution in [2.75, 3.05) is 13.1 Å². The largest absolute Gasteiger partial charge is 0.370 e. The Hall–Kier alpha value is -1.56. The highest BCUT2D eigenvalue weighted by Crippen LogP contribution is 2.08. The second kappa shape index (κ2) is 11.0. The second-order valence-corrected chi connectivity index (χ2v) is 7.17. The average molecular weight is 339 g/mol. The van der Waals surface area contributed by atoms with Crippen molar-refractivity contribution >= 4 is 23.2 Å². The predicted octanol–water partition coefficient (Wildman–Crippen LogP) is 2.99. The molecule has 0 aliphatic heterocycles. The summed E-state index contributed by atoms with van der Waals surface area (Å²) in [5.41, 5.74) is 5.88. The number of nitrogens with two attached hydrogens (primary N) is 1. The van der Waals surface area contributed by atoms with Gasteiger partial charge in [-0.2, -0.15) is 0 Å². The number of hydrogen-bond acceptors (Lipinski definition) is 3. The van der Waals surface area contributed by atoms with Gasteiger partial charge in [0.2, 0.25) is 0 Å². The molecule has 6 heteroatoms. The smallest absolute Gasteiger partial charge is 0.261 e. The number of hydrogen-bond donors (Lipinski definition) is 3. The molecule has 0 spiro atoms. The molecule has 23 heavy (non-hydrogen) atoms. The minimum atomic E-state index is -0.0196. The molecule has 1 heterocycles. The molecule has 1 aromatic heterocycles. The highest BCUT2D eigenvalue weighted by Gasteiger charge is 2.05. The fourth-order valence-corrected chi connectivity index (χ4v) is 2.82. The zero-order valence-corrected chi connectivity index (χ0v) is 15.3. The Kier molecular flexibility index (Phi) is 9.36. The Morgan fingerprint density at radius 1 is 1.30 bits per heavy atom. The maximum atomic E-state index is 11.7. The molecule has 1 rings (SSSR count). The number of nitrogens with zero attached hydrogens (tertiary/aromatic N) is 1. The third kappa shape index (κ3) is 9.23. The van der Waals surface area contributed by atoms with E-state index in [1.165, 1.54) is 24.2 Å². The van der Waals surface area contributed by atoms with Crippen LogP contribution in [0.1, 0.15) is 56.1 Å². The van der Waals surface area contributed by atoms with E-state index in [4.69, 9.17) is 5.73 Å². The van der Waals surface area contributed by atoms with Crippen molar-refractivity contribution in [1.82, 2.24) is 10.6 Å². The maximum absolute atomic E-state index is 11.7. The molecule has 1 atom stereocenters. The molecule has 0 aliphatic rings. The summed E-state index contributed by atoms with van der Waals surface area (Å²) in [4.78, 5) is 16.8. The molecule has 0 saturated heterocycles. The van der Waals surface area contributed by atoms with Gasteiger partial charge in [-0.1, -0.05) is 32.8 Å². The number of nitrogens with one attached hydrogen (secondary N) is 2. The first-order valence-electron chi connectivity index (χ1n) is 8.37. The SMILES string of the molecule is CC(C)CCCC(C)NC(N)=NCCCNC(=O)c1cccs1. The van der Waals surface area contributed by atoms with Crippen molar-refractivity contribution in [3.63, 3.8) is 0 Å². The third-order valence-corrected chi connectivity index (χ3v) is 4.33. The molecule has 1 unspecified atom stereocenters. The van der Waals surface area contributed by atoms with E-state index >= 15 is 0 Å². The third-order valence-electron chi connectivity index (χ3n) is 3.46. The Morgan fingerprint density at radius 2 is 2.09 bits per heavy atom. The highest BCUT2D eigenvalue weighted by atomic mass is 32.1. The first-order valence-corrected chi connectivity index (χ1v) is 9.25. The van der Waals surface area contributed by atoms with Crippen LogP contribution in [0.2, 0.25) is 0 Å². The summed E-state index contributed by atoms with van der Waals surface area (Å²) in [7, 11) is 0. The van der Waals surface area contributed by atoms with Crippen LogP contribution in [0.3, 0.4) is 0 Å². The van der Waals surface area contributed by atoms with Gasteiger partial charge < -0.3 is 16.4 Å². The minimum Gasteiger partial charge on any atom is -0.370 e. The fourth-order valence-electron chi connectivity index (χ4n) is 2.18. The topological polar surface area (TPSA) is 79.5 Å². The molecule has 0 saturated carbocycles. The lowest BCUT2D eigenvalue weighted by molar-refractivity contribution is 0.0957. The number of rotatable bonds is 10. The number of carbonyl (C=O) groups is 1. The predicted molar refractivity (Wildman–Crippen MR) is 99.0 cm³/mol. The van der Waals surface area contributed by atoms with Gasteiger partial charge in [0, 0.05) is 19.1 Å². The number of aliphatic imine (C=N–C) groups is 1. The quantitative estimate of drug-likeness (QED) is 0.348. The second-order valence-electron chi connectivity index (χ2n) is 6.22. The van der Waals surface area contributed by atoms with Crippen molar-refractivity contribution in [2.45, 2.75) is 52.5 Å². The van der Waals surface area contributed by atoms with Crippen LogP contribution >= 0.6 is 11.3 Å². The Balaban J connectivity index is 2.10. The standard InChI is InChI=1S/C17H30N4OS/c1-13(2)7-4-8-14(3)21-17(18)20-11-6-10-19-16(22)15-9-5-12-23-15/h5,9,12-14H,4,6-8,10-11H2,1-3H3,(H,19,22)(H3,18,20,21). The number of amides is 1. The van der Waals surface area contributed by atoms with E-state index in [2.05, 4.69) is 36.4 Å². The summed E-state index contributed by atoms with van der Waals surface area (Å²) in [6.07, 6.45) is 4.33. The molecule has 0 aliphatic carbocycles. The van der Waals surface area contributed by atoms with Crippen LogP contribution in [0.15, 0.2) is 22.5 Å². The van der Waals surface area contributed by atoms with E-state index in [1.807, 2.05) is 17.5 Å². The molecule has 5 nitrogen and oxygen atoms in total. The lowest BCUT2D eigenvalue weighted by atomic mass is 10.0. The molecule has 0 fully saturated rings. The van der Waals surface area contributed by atoms with Crippen LogP contribution in [-0.4, -0.2) is 31.0 Å². The summed E-state index contributed by atoms with van der Waals surface area (Å²) in [5.74, 6) is 1.22. The van der Waals surface area contributed by atoms with E-state index in [9.17, 15) is 4.79 Å². The van der Waals surface area contributed by atoms with Crippen molar-refractivity contribution in [3.8, 4) is 0 Å². The zero-order chi connectivity index (χ0) is 17.1. The zero-order valence-electron chi connectivity index (χ0n) is 14.5. The van der Waals surface area contributed by atoms with E-state index in [0.29, 0.717) is 25.1 Å². The van der Waals surface area contributed by atoms with Gasteiger partial charge in [0.25, 0.3) is 5.91 Å². The van der Waals surface area contributed by atoms with Gasteiger partial charge in [0.15, 0.2) is 5.96 Å². The lowest BCUT2D eigenvalue weighted by Crippen LogP contribution is -2.38. The summed E-state index contributed by atoms with van der Waals surface area (Å²) in [6, 6.07) is 4.04. The number of thiophene rings is 1. The van der Waals surface area contributed by atoms with Gasteiger partial charge in [-0.25, -0.2) is 0 Å².